The van der Waals surface area contributed by atoms with E-state index in [1.807, 2.05) is 27.7 Å². The molecule has 0 aromatic heterocycles. The van der Waals surface area contributed by atoms with Gasteiger partial charge in [-0.2, -0.15) is 0 Å². The van der Waals surface area contributed by atoms with Crippen molar-refractivity contribution in [2.75, 3.05) is 13.2 Å². The van der Waals surface area contributed by atoms with Crippen molar-refractivity contribution in [3.05, 3.63) is 0 Å². The molecule has 0 saturated heterocycles. The van der Waals surface area contributed by atoms with E-state index in [4.69, 9.17) is 9.47 Å². The summed E-state index contributed by atoms with van der Waals surface area (Å²) in [5, 5.41) is 0. The Morgan fingerprint density at radius 2 is 1.22 bits per heavy atom. The summed E-state index contributed by atoms with van der Waals surface area (Å²) in [6, 6.07) is 0. The highest BCUT2D eigenvalue weighted by Crippen LogP contribution is 2.08. The lowest BCUT2D eigenvalue weighted by Crippen LogP contribution is -2.29. The van der Waals surface area contributed by atoms with E-state index in [2.05, 4.69) is 15.9 Å². The van der Waals surface area contributed by atoms with Crippen molar-refractivity contribution in [2.24, 2.45) is 11.8 Å². The van der Waals surface area contributed by atoms with Gasteiger partial charge in [0.05, 0.1) is 13.2 Å². The van der Waals surface area contributed by atoms with Gasteiger partial charge in [0.1, 0.15) is 0 Å². The molecule has 0 aliphatic carbocycles. The molecule has 0 atom stereocenters. The highest BCUT2D eigenvalue weighted by molar-refractivity contribution is 9.10. The smallest absolute Gasteiger partial charge is 0.331 e. The van der Waals surface area contributed by atoms with Crippen LogP contribution in [0.5, 0.6) is 0 Å². The summed E-state index contributed by atoms with van der Waals surface area (Å²) >= 11 is 2.99. The Morgan fingerprint density at radius 1 is 0.889 bits per heavy atom. The van der Waals surface area contributed by atoms with Crippen molar-refractivity contribution >= 4 is 27.9 Å². The second kappa shape index (κ2) is 9.36. The second-order valence-corrected chi connectivity index (χ2v) is 5.98. The number of carbonyl (C=O) groups excluding carboxylic acids is 2. The third kappa shape index (κ3) is 8.50. The van der Waals surface area contributed by atoms with Gasteiger partial charge in [-0.15, -0.1) is 0 Å². The number of hydrogen-bond acceptors (Lipinski definition) is 4. The van der Waals surface area contributed by atoms with E-state index in [1.54, 1.807) is 0 Å². The predicted molar refractivity (Wildman–Crippen MR) is 73.5 cm³/mol. The number of halogens is 1. The molecule has 0 aliphatic heterocycles. The zero-order valence-electron chi connectivity index (χ0n) is 11.6. The molecule has 5 heteroatoms. The Morgan fingerprint density at radius 3 is 1.50 bits per heavy atom. The Balaban J connectivity index is 3.86. The van der Waals surface area contributed by atoms with E-state index in [9.17, 15) is 9.59 Å². The summed E-state index contributed by atoms with van der Waals surface area (Å²) in [5.74, 6) is -0.232. The molecule has 18 heavy (non-hydrogen) atoms. The van der Waals surface area contributed by atoms with Gasteiger partial charge in [-0.25, -0.2) is 0 Å². The first-order valence-electron chi connectivity index (χ1n) is 6.32. The highest BCUT2D eigenvalue weighted by Gasteiger charge is 2.26. The van der Waals surface area contributed by atoms with Gasteiger partial charge in [0.2, 0.25) is 4.83 Å². The molecule has 0 unspecified atom stereocenters. The molecule has 0 aliphatic rings. The van der Waals surface area contributed by atoms with Gasteiger partial charge in [-0.1, -0.05) is 43.6 Å². The molecular weight excluding hydrogens is 300 g/mol. The van der Waals surface area contributed by atoms with Crippen molar-refractivity contribution in [2.45, 2.75) is 45.4 Å². The zero-order valence-corrected chi connectivity index (χ0v) is 13.2. The molecular formula is C13H23BrO4. The fourth-order valence-electron chi connectivity index (χ4n) is 1.03. The average Bonchev–Trinajstić information content (AvgIpc) is 2.26. The van der Waals surface area contributed by atoms with Crippen LogP contribution in [0, 0.1) is 11.8 Å². The number of esters is 2. The summed E-state index contributed by atoms with van der Waals surface area (Å²) in [4.78, 5) is 22.0. The topological polar surface area (TPSA) is 52.6 Å². The van der Waals surface area contributed by atoms with Gasteiger partial charge in [-0.3, -0.25) is 9.59 Å². The van der Waals surface area contributed by atoms with E-state index in [1.165, 1.54) is 0 Å². The number of ether oxygens (including phenoxy) is 2. The van der Waals surface area contributed by atoms with Crippen LogP contribution in [0.3, 0.4) is 0 Å². The van der Waals surface area contributed by atoms with E-state index in [0.717, 1.165) is 12.8 Å². The number of alkyl halides is 1. The van der Waals surface area contributed by atoms with Crippen molar-refractivity contribution < 1.29 is 19.1 Å². The highest BCUT2D eigenvalue weighted by atomic mass is 79.9. The molecule has 0 bridgehead atoms. The summed E-state index contributed by atoms with van der Waals surface area (Å²) in [5.41, 5.74) is 0. The summed E-state index contributed by atoms with van der Waals surface area (Å²) in [6.45, 7) is 8.83. The van der Waals surface area contributed by atoms with Crippen molar-refractivity contribution in [3.63, 3.8) is 0 Å². The molecule has 0 N–H and O–H groups in total. The van der Waals surface area contributed by atoms with Crippen LogP contribution in [-0.4, -0.2) is 30.0 Å². The lowest BCUT2D eigenvalue weighted by molar-refractivity contribution is -0.153. The first-order chi connectivity index (χ1) is 8.34. The number of rotatable bonds is 8. The van der Waals surface area contributed by atoms with E-state index < -0.39 is 16.8 Å². The van der Waals surface area contributed by atoms with Crippen LogP contribution in [-0.2, 0) is 19.1 Å². The van der Waals surface area contributed by atoms with Crippen LogP contribution in [0.15, 0.2) is 0 Å². The minimum absolute atomic E-state index is 0.331. The van der Waals surface area contributed by atoms with Crippen molar-refractivity contribution in [3.8, 4) is 0 Å². The third-order valence-corrected chi connectivity index (χ3v) is 3.04. The minimum Gasteiger partial charge on any atom is -0.464 e. The Kier molecular flexibility index (Phi) is 9.06. The van der Waals surface area contributed by atoms with Crippen LogP contribution < -0.4 is 0 Å². The zero-order chi connectivity index (χ0) is 14.1. The molecule has 0 spiro atoms. The second-order valence-electron chi connectivity index (χ2n) is 5.06. The van der Waals surface area contributed by atoms with E-state index in [-0.39, 0.29) is 0 Å². The molecule has 0 heterocycles. The third-order valence-electron chi connectivity index (χ3n) is 2.29. The summed E-state index contributed by atoms with van der Waals surface area (Å²) in [7, 11) is 0. The molecule has 0 saturated carbocycles. The lowest BCUT2D eigenvalue weighted by atomic mass is 10.1. The Bertz CT molecular complexity index is 238. The van der Waals surface area contributed by atoms with Gasteiger partial charge < -0.3 is 9.47 Å². The summed E-state index contributed by atoms with van der Waals surface area (Å²) < 4.78 is 9.95. The van der Waals surface area contributed by atoms with Gasteiger partial charge >= 0.3 is 11.9 Å². The van der Waals surface area contributed by atoms with E-state index in [0.29, 0.717) is 25.0 Å². The molecule has 0 aromatic carbocycles. The molecule has 0 radical (unpaired) electrons. The van der Waals surface area contributed by atoms with Crippen LogP contribution in [0.25, 0.3) is 0 Å². The van der Waals surface area contributed by atoms with Crippen LogP contribution in [0.1, 0.15) is 40.5 Å². The molecule has 0 aromatic rings. The monoisotopic (exact) mass is 322 g/mol. The standard InChI is InChI=1S/C13H23BrO4/c1-9(2)5-7-17-12(15)11(14)13(16)18-8-6-10(3)4/h9-11H,5-8H2,1-4H3. The Hall–Kier alpha value is -0.580. The maximum absolute atomic E-state index is 11.5. The molecule has 0 fully saturated rings. The number of hydrogen-bond donors (Lipinski definition) is 0. The summed E-state index contributed by atoms with van der Waals surface area (Å²) in [6.07, 6.45) is 1.57. The fourth-order valence-corrected chi connectivity index (χ4v) is 1.30. The first kappa shape index (κ1) is 17.4. The molecule has 0 rings (SSSR count). The number of carbonyl (C=O) groups is 2. The molecule has 4 nitrogen and oxygen atoms in total. The first-order valence-corrected chi connectivity index (χ1v) is 7.23. The lowest BCUT2D eigenvalue weighted by Gasteiger charge is -2.11. The minimum atomic E-state index is -1.02. The van der Waals surface area contributed by atoms with E-state index >= 15 is 0 Å². The van der Waals surface area contributed by atoms with Gasteiger partial charge in [0.25, 0.3) is 0 Å². The Labute approximate surface area is 118 Å². The van der Waals surface area contributed by atoms with Crippen LogP contribution in [0.2, 0.25) is 0 Å². The molecule has 106 valence electrons. The average molecular weight is 323 g/mol. The van der Waals surface area contributed by atoms with Gasteiger partial charge in [0.15, 0.2) is 0 Å². The van der Waals surface area contributed by atoms with Crippen LogP contribution in [0.4, 0.5) is 0 Å². The molecule has 0 amide bonds. The maximum Gasteiger partial charge on any atom is 0.331 e. The predicted octanol–water partition coefficient (Wildman–Crippen LogP) is 2.93. The van der Waals surface area contributed by atoms with Crippen molar-refractivity contribution in [1.82, 2.24) is 0 Å². The fraction of sp³-hybridized carbons (Fsp3) is 0.846. The van der Waals surface area contributed by atoms with Crippen LogP contribution >= 0.6 is 15.9 Å². The largest absolute Gasteiger partial charge is 0.464 e. The van der Waals surface area contributed by atoms with Crippen molar-refractivity contribution in [1.29, 1.82) is 0 Å². The van der Waals surface area contributed by atoms with Gasteiger partial charge in [0, 0.05) is 0 Å². The maximum atomic E-state index is 11.5. The van der Waals surface area contributed by atoms with Gasteiger partial charge in [-0.05, 0) is 24.7 Å². The SMILES string of the molecule is CC(C)CCOC(=O)C(Br)C(=O)OCCC(C)C. The normalized spacial score (nSPS) is 11.1. The quantitative estimate of drug-likeness (QED) is 0.391.